The first-order valence-corrected chi connectivity index (χ1v) is 7.34. The number of anilines is 1. The molecule has 112 valence electrons. The Morgan fingerprint density at radius 2 is 1.86 bits per heavy atom. The average molecular weight is 328 g/mol. The number of terminal acetylenes is 1. The van der Waals surface area contributed by atoms with Crippen LogP contribution in [0.5, 0.6) is 0 Å². The van der Waals surface area contributed by atoms with Gasteiger partial charge in [0.2, 0.25) is 5.95 Å². The van der Waals surface area contributed by atoms with E-state index in [-0.39, 0.29) is 21.8 Å². The molecule has 0 aliphatic heterocycles. The number of hydrogen-bond donors (Lipinski definition) is 1. The lowest BCUT2D eigenvalue weighted by atomic mass is 9.82. The molecule has 1 aliphatic carbocycles. The van der Waals surface area contributed by atoms with Gasteiger partial charge < -0.3 is 10.1 Å². The topological polar surface area (TPSA) is 64.1 Å². The molecule has 1 fully saturated rings. The number of carbonyl (C=O) groups is 1. The van der Waals surface area contributed by atoms with Gasteiger partial charge in [-0.2, -0.15) is 0 Å². The Bertz CT molecular complexity index is 569. The van der Waals surface area contributed by atoms with Crippen molar-refractivity contribution in [3.63, 3.8) is 0 Å². The molecular weight excluding hydrogens is 313 g/mol. The van der Waals surface area contributed by atoms with E-state index in [1.54, 1.807) is 0 Å². The maximum atomic E-state index is 11.6. The summed E-state index contributed by atoms with van der Waals surface area (Å²) < 4.78 is 4.59. The Hall–Kier alpha value is -1.51. The van der Waals surface area contributed by atoms with Gasteiger partial charge in [-0.3, -0.25) is 0 Å². The van der Waals surface area contributed by atoms with Crippen molar-refractivity contribution in [2.75, 3.05) is 12.4 Å². The molecule has 0 unspecified atom stereocenters. The van der Waals surface area contributed by atoms with Gasteiger partial charge in [0.25, 0.3) is 0 Å². The molecule has 7 heteroatoms. The predicted molar refractivity (Wildman–Crippen MR) is 81.7 cm³/mol. The van der Waals surface area contributed by atoms with Crippen molar-refractivity contribution in [3.05, 3.63) is 15.9 Å². The normalized spacial score (nSPS) is 16.9. The van der Waals surface area contributed by atoms with E-state index in [9.17, 15) is 4.79 Å². The summed E-state index contributed by atoms with van der Waals surface area (Å²) >= 11 is 12.0. The largest absolute Gasteiger partial charge is 0.465 e. The smallest absolute Gasteiger partial charge is 0.344 e. The van der Waals surface area contributed by atoms with Crippen molar-refractivity contribution in [3.8, 4) is 12.3 Å². The van der Waals surface area contributed by atoms with E-state index in [0.29, 0.717) is 0 Å². The molecule has 0 aromatic carbocycles. The van der Waals surface area contributed by atoms with Gasteiger partial charge in [0.15, 0.2) is 10.3 Å². The number of carbonyl (C=O) groups excluding carboxylic acids is 1. The first kappa shape index (κ1) is 15.9. The number of methoxy groups -OCH3 is 1. The van der Waals surface area contributed by atoms with Crippen molar-refractivity contribution >= 4 is 35.1 Å². The van der Waals surface area contributed by atoms with Gasteiger partial charge in [-0.05, 0) is 12.8 Å². The van der Waals surface area contributed by atoms with Crippen molar-refractivity contribution in [2.45, 2.75) is 37.6 Å². The van der Waals surface area contributed by atoms with Gasteiger partial charge in [-0.15, -0.1) is 6.42 Å². The number of nitrogens with one attached hydrogen (secondary N) is 1. The van der Waals surface area contributed by atoms with Gasteiger partial charge in [0.05, 0.1) is 7.11 Å². The number of ether oxygens (including phenoxy) is 1. The molecule has 5 nitrogen and oxygen atoms in total. The minimum absolute atomic E-state index is 0.0511. The summed E-state index contributed by atoms with van der Waals surface area (Å²) in [5.74, 6) is 2.32. The van der Waals surface area contributed by atoms with E-state index >= 15 is 0 Å². The lowest BCUT2D eigenvalue weighted by molar-refractivity contribution is 0.0600. The highest BCUT2D eigenvalue weighted by molar-refractivity contribution is 6.38. The number of halogens is 2. The highest BCUT2D eigenvalue weighted by Gasteiger charge is 2.31. The van der Waals surface area contributed by atoms with Crippen LogP contribution in [-0.4, -0.2) is 28.6 Å². The molecule has 0 radical (unpaired) electrons. The van der Waals surface area contributed by atoms with Crippen LogP contribution in [0.25, 0.3) is 0 Å². The molecular formula is C14H15Cl2N3O2. The fourth-order valence-electron chi connectivity index (χ4n) is 2.41. The molecule has 1 heterocycles. The summed E-state index contributed by atoms with van der Waals surface area (Å²) in [4.78, 5) is 19.7. The fraction of sp³-hybridized carbons (Fsp3) is 0.500. The standard InChI is InChI=1S/C14H15Cl2N3O2/c1-3-14(7-5-4-6-8-14)19-13-17-10(15)9(11(16)18-13)12(20)21-2/h1H,4-8H2,2H3,(H,17,18,19). The van der Waals surface area contributed by atoms with E-state index in [1.165, 1.54) is 7.11 Å². The first-order chi connectivity index (χ1) is 10.0. The molecule has 1 aromatic rings. The molecule has 0 spiro atoms. The van der Waals surface area contributed by atoms with Crippen LogP contribution < -0.4 is 5.32 Å². The first-order valence-electron chi connectivity index (χ1n) is 6.58. The number of esters is 1. The average Bonchev–Trinajstić information content (AvgIpc) is 2.47. The zero-order valence-electron chi connectivity index (χ0n) is 11.6. The van der Waals surface area contributed by atoms with Gasteiger partial charge in [-0.25, -0.2) is 14.8 Å². The zero-order chi connectivity index (χ0) is 15.5. The van der Waals surface area contributed by atoms with Crippen LogP contribution in [0.15, 0.2) is 0 Å². The Morgan fingerprint density at radius 1 is 1.29 bits per heavy atom. The van der Waals surface area contributed by atoms with E-state index in [0.717, 1.165) is 32.1 Å². The highest BCUT2D eigenvalue weighted by Crippen LogP contribution is 2.31. The molecule has 0 atom stereocenters. The van der Waals surface area contributed by atoms with Crippen molar-refractivity contribution in [2.24, 2.45) is 0 Å². The number of hydrogen-bond acceptors (Lipinski definition) is 5. The Morgan fingerprint density at radius 3 is 2.33 bits per heavy atom. The molecule has 1 aliphatic rings. The molecule has 0 amide bonds. The summed E-state index contributed by atoms with van der Waals surface area (Å²) in [6.07, 6.45) is 10.6. The maximum Gasteiger partial charge on any atom is 0.344 e. The lowest BCUT2D eigenvalue weighted by Crippen LogP contribution is -2.39. The van der Waals surface area contributed by atoms with Gasteiger partial charge in [0, 0.05) is 0 Å². The van der Waals surface area contributed by atoms with E-state index < -0.39 is 11.5 Å². The molecule has 1 saturated carbocycles. The van der Waals surface area contributed by atoms with Crippen LogP contribution in [0.3, 0.4) is 0 Å². The lowest BCUT2D eigenvalue weighted by Gasteiger charge is -2.33. The van der Waals surface area contributed by atoms with E-state index in [1.807, 2.05) is 0 Å². The van der Waals surface area contributed by atoms with Crippen LogP contribution in [0.4, 0.5) is 5.95 Å². The summed E-state index contributed by atoms with van der Waals surface area (Å²) in [5.41, 5.74) is -0.540. The quantitative estimate of drug-likeness (QED) is 0.524. The number of aromatic nitrogens is 2. The van der Waals surface area contributed by atoms with Gasteiger partial charge in [-0.1, -0.05) is 48.4 Å². The van der Waals surface area contributed by atoms with Crippen molar-refractivity contribution in [1.29, 1.82) is 0 Å². The molecule has 1 aromatic heterocycles. The Labute approximate surface area is 133 Å². The van der Waals surface area contributed by atoms with Crippen LogP contribution in [0, 0.1) is 12.3 Å². The predicted octanol–water partition coefficient (Wildman–Crippen LogP) is 3.32. The van der Waals surface area contributed by atoms with Crippen LogP contribution >= 0.6 is 23.2 Å². The van der Waals surface area contributed by atoms with Crippen LogP contribution in [-0.2, 0) is 4.74 Å². The van der Waals surface area contributed by atoms with Crippen LogP contribution in [0.2, 0.25) is 10.3 Å². The number of nitrogens with zero attached hydrogens (tertiary/aromatic N) is 2. The minimum atomic E-state index is -0.680. The van der Waals surface area contributed by atoms with E-state index in [2.05, 4.69) is 25.9 Å². The molecule has 0 bridgehead atoms. The summed E-state index contributed by atoms with van der Waals surface area (Å²) in [6, 6.07) is 0. The second kappa shape index (κ2) is 6.50. The molecule has 21 heavy (non-hydrogen) atoms. The summed E-state index contributed by atoms with van der Waals surface area (Å²) in [6.45, 7) is 0. The second-order valence-corrected chi connectivity index (χ2v) is 5.62. The second-order valence-electron chi connectivity index (χ2n) is 4.91. The minimum Gasteiger partial charge on any atom is -0.465 e. The van der Waals surface area contributed by atoms with Crippen LogP contribution in [0.1, 0.15) is 42.5 Å². The van der Waals surface area contributed by atoms with Crippen molar-refractivity contribution in [1.82, 2.24) is 9.97 Å². The molecule has 0 saturated heterocycles. The number of rotatable bonds is 3. The molecule has 1 N–H and O–H groups in total. The third-order valence-electron chi connectivity index (χ3n) is 3.54. The fourth-order valence-corrected chi connectivity index (χ4v) is 2.95. The highest BCUT2D eigenvalue weighted by atomic mass is 35.5. The zero-order valence-corrected chi connectivity index (χ0v) is 13.1. The third kappa shape index (κ3) is 3.39. The maximum absolute atomic E-state index is 11.6. The van der Waals surface area contributed by atoms with Crippen molar-refractivity contribution < 1.29 is 9.53 Å². The third-order valence-corrected chi connectivity index (χ3v) is 4.09. The Kier molecular flexibility index (Phi) is 4.92. The SMILES string of the molecule is C#CC1(Nc2nc(Cl)c(C(=O)OC)c(Cl)n2)CCCCC1. The van der Waals surface area contributed by atoms with Gasteiger partial charge >= 0.3 is 5.97 Å². The monoisotopic (exact) mass is 327 g/mol. The molecule has 2 rings (SSSR count). The van der Waals surface area contributed by atoms with Gasteiger partial charge in [0.1, 0.15) is 11.1 Å². The van der Waals surface area contributed by atoms with E-state index in [4.69, 9.17) is 29.6 Å². The summed E-state index contributed by atoms with van der Waals surface area (Å²) in [5, 5.41) is 3.01. The Balaban J connectivity index is 2.30. The summed E-state index contributed by atoms with van der Waals surface area (Å²) in [7, 11) is 1.23.